The van der Waals surface area contributed by atoms with Gasteiger partial charge >= 0.3 is 0 Å². The summed E-state index contributed by atoms with van der Waals surface area (Å²) in [5.41, 5.74) is 6.96. The van der Waals surface area contributed by atoms with E-state index in [0.717, 1.165) is 66.4 Å². The number of amides is 1. The van der Waals surface area contributed by atoms with Crippen LogP contribution in [0.2, 0.25) is 5.02 Å². The Bertz CT molecular complexity index is 1550. The Kier molecular flexibility index (Phi) is 11.1. The molecule has 0 unspecified atom stereocenters. The van der Waals surface area contributed by atoms with Crippen molar-refractivity contribution < 1.29 is 14.6 Å². The molecule has 0 spiro atoms. The van der Waals surface area contributed by atoms with Gasteiger partial charge in [-0.15, -0.1) is 0 Å². The summed E-state index contributed by atoms with van der Waals surface area (Å²) in [6.07, 6.45) is 13.7. The number of carbonyl (C=O) groups is 1. The molecule has 3 aliphatic rings. The van der Waals surface area contributed by atoms with Gasteiger partial charge in [0.25, 0.3) is 5.91 Å². The van der Waals surface area contributed by atoms with E-state index in [4.69, 9.17) is 16.3 Å². The highest BCUT2D eigenvalue weighted by Crippen LogP contribution is 2.46. The highest BCUT2D eigenvalue weighted by Gasteiger charge is 2.34. The highest BCUT2D eigenvalue weighted by molar-refractivity contribution is 6.30. The maximum Gasteiger partial charge on any atom is 0.260 e. The van der Waals surface area contributed by atoms with Gasteiger partial charge in [-0.2, -0.15) is 0 Å². The van der Waals surface area contributed by atoms with E-state index in [0.29, 0.717) is 25.3 Å². The van der Waals surface area contributed by atoms with Crippen molar-refractivity contribution in [2.75, 3.05) is 32.8 Å². The van der Waals surface area contributed by atoms with Gasteiger partial charge in [0.15, 0.2) is 6.61 Å². The molecule has 258 valence electrons. The first kappa shape index (κ1) is 34.8. The molecule has 5 nitrogen and oxygen atoms in total. The molecule has 1 amide bonds. The molecule has 1 heterocycles. The van der Waals surface area contributed by atoms with Gasteiger partial charge in [0.2, 0.25) is 0 Å². The van der Waals surface area contributed by atoms with Crippen molar-refractivity contribution in [2.45, 2.75) is 110 Å². The smallest absolute Gasteiger partial charge is 0.260 e. The minimum absolute atomic E-state index is 0.00413. The number of phenolic OH excluding ortho intramolecular Hbond substituents is 1. The van der Waals surface area contributed by atoms with Crippen LogP contribution in [0.4, 0.5) is 0 Å². The quantitative estimate of drug-likeness (QED) is 0.234. The minimum Gasteiger partial charge on any atom is -0.507 e. The van der Waals surface area contributed by atoms with Crippen molar-refractivity contribution in [1.29, 1.82) is 0 Å². The van der Waals surface area contributed by atoms with Gasteiger partial charge in [-0.3, -0.25) is 9.69 Å². The Morgan fingerprint density at radius 2 is 1.48 bits per heavy atom. The number of para-hydroxylation sites is 1. The van der Waals surface area contributed by atoms with Crippen LogP contribution in [0, 0.1) is 12.3 Å². The van der Waals surface area contributed by atoms with Crippen LogP contribution >= 0.6 is 11.6 Å². The van der Waals surface area contributed by atoms with Gasteiger partial charge in [-0.25, -0.2) is 0 Å². The lowest BCUT2D eigenvalue weighted by Crippen LogP contribution is -2.49. The van der Waals surface area contributed by atoms with Crippen molar-refractivity contribution in [3.63, 3.8) is 0 Å². The summed E-state index contributed by atoms with van der Waals surface area (Å²) < 4.78 is 6.67. The standard InChI is InChI=1S/C42H55ClN2O3/c1-31-25-35(27-33-11-10-12-34(39(33)47)28-41(2)17-6-4-7-18-41)40(37(26-31)42(3)19-8-5-9-20-42)48-30-38(46)45-23-21-44(22-24-45)29-32-13-15-36(43)16-14-32/h10-16,25-26,47H,4-9,17-24,27-30H2,1-3H3. The normalized spacial score (nSPS) is 19.6. The number of phenols is 1. The molecule has 6 heteroatoms. The summed E-state index contributed by atoms with van der Waals surface area (Å²) in [6.45, 7) is 10.9. The second-order valence-electron chi connectivity index (χ2n) is 15.6. The zero-order chi connectivity index (χ0) is 33.7. The summed E-state index contributed by atoms with van der Waals surface area (Å²) in [5, 5.41) is 12.4. The molecule has 6 rings (SSSR count). The molecule has 0 radical (unpaired) electrons. The van der Waals surface area contributed by atoms with Gasteiger partial charge in [-0.1, -0.05) is 112 Å². The van der Waals surface area contributed by atoms with Crippen LogP contribution in [-0.4, -0.2) is 53.6 Å². The Morgan fingerprint density at radius 1 is 0.833 bits per heavy atom. The van der Waals surface area contributed by atoms with Crippen LogP contribution in [0.25, 0.3) is 0 Å². The van der Waals surface area contributed by atoms with Crippen LogP contribution in [-0.2, 0) is 29.6 Å². The first-order valence-corrected chi connectivity index (χ1v) is 18.8. The lowest BCUT2D eigenvalue weighted by Gasteiger charge is -2.37. The van der Waals surface area contributed by atoms with Gasteiger partial charge in [-0.05, 0) is 84.2 Å². The van der Waals surface area contributed by atoms with Gasteiger partial charge in [0, 0.05) is 49.7 Å². The Labute approximate surface area is 293 Å². The molecule has 2 saturated carbocycles. The zero-order valence-corrected chi connectivity index (χ0v) is 30.2. The number of ether oxygens (including phenoxy) is 1. The van der Waals surface area contributed by atoms with Gasteiger partial charge < -0.3 is 14.7 Å². The number of piperazine rings is 1. The van der Waals surface area contributed by atoms with Gasteiger partial charge in [0.05, 0.1) is 0 Å². The molecular weight excluding hydrogens is 616 g/mol. The first-order chi connectivity index (χ1) is 23.1. The number of aryl methyl sites for hydroxylation is 1. The van der Waals surface area contributed by atoms with Crippen LogP contribution in [0.15, 0.2) is 54.6 Å². The van der Waals surface area contributed by atoms with E-state index < -0.39 is 0 Å². The maximum atomic E-state index is 13.6. The molecule has 3 aromatic rings. The van der Waals surface area contributed by atoms with E-state index in [1.165, 1.54) is 68.1 Å². The number of benzene rings is 3. The molecule has 1 N–H and O–H groups in total. The molecule has 0 bridgehead atoms. The van der Waals surface area contributed by atoms with Crippen molar-refractivity contribution in [2.24, 2.45) is 5.41 Å². The second kappa shape index (κ2) is 15.3. The average Bonchev–Trinajstić information content (AvgIpc) is 3.08. The molecule has 3 aromatic carbocycles. The van der Waals surface area contributed by atoms with E-state index in [1.54, 1.807) is 0 Å². The Balaban J connectivity index is 1.20. The SMILES string of the molecule is Cc1cc(Cc2cccc(CC3(C)CCCCC3)c2O)c(OCC(=O)N2CCN(Cc3ccc(Cl)cc3)CC2)c(C2(C)CCCCC2)c1. The monoisotopic (exact) mass is 670 g/mol. The molecule has 3 fully saturated rings. The topological polar surface area (TPSA) is 53.0 Å². The number of nitrogens with zero attached hydrogens (tertiary/aromatic N) is 2. The molecule has 1 saturated heterocycles. The van der Waals surface area contributed by atoms with Crippen molar-refractivity contribution in [1.82, 2.24) is 9.80 Å². The summed E-state index contributed by atoms with van der Waals surface area (Å²) >= 11 is 6.07. The lowest BCUT2D eigenvalue weighted by molar-refractivity contribution is -0.135. The Morgan fingerprint density at radius 3 is 2.17 bits per heavy atom. The van der Waals surface area contributed by atoms with E-state index in [9.17, 15) is 9.90 Å². The number of halogens is 1. The summed E-state index contributed by atoms with van der Waals surface area (Å²) in [5.74, 6) is 1.32. The highest BCUT2D eigenvalue weighted by atomic mass is 35.5. The van der Waals surface area contributed by atoms with E-state index >= 15 is 0 Å². The number of carbonyl (C=O) groups excluding carboxylic acids is 1. The molecule has 48 heavy (non-hydrogen) atoms. The van der Waals surface area contributed by atoms with Crippen LogP contribution < -0.4 is 4.74 Å². The molecule has 2 aliphatic carbocycles. The molecular formula is C42H55ClN2O3. The number of hydrogen-bond donors (Lipinski definition) is 1. The maximum absolute atomic E-state index is 13.6. The second-order valence-corrected chi connectivity index (χ2v) is 16.1. The number of rotatable bonds is 10. The lowest BCUT2D eigenvalue weighted by atomic mass is 9.70. The molecule has 0 aromatic heterocycles. The Hall–Kier alpha value is -3.02. The third kappa shape index (κ3) is 8.40. The van der Waals surface area contributed by atoms with E-state index in [-0.39, 0.29) is 23.3 Å². The third-order valence-corrected chi connectivity index (χ3v) is 11.8. The summed E-state index contributed by atoms with van der Waals surface area (Å²) in [6, 6.07) is 18.8. The van der Waals surface area contributed by atoms with E-state index in [2.05, 4.69) is 68.1 Å². The number of hydrogen-bond acceptors (Lipinski definition) is 4. The summed E-state index contributed by atoms with van der Waals surface area (Å²) in [4.78, 5) is 18.0. The van der Waals surface area contributed by atoms with Crippen molar-refractivity contribution in [3.8, 4) is 11.5 Å². The van der Waals surface area contributed by atoms with Crippen molar-refractivity contribution >= 4 is 17.5 Å². The number of aromatic hydroxyl groups is 1. The minimum atomic E-state index is 0.00413. The predicted octanol–water partition coefficient (Wildman–Crippen LogP) is 9.40. The first-order valence-electron chi connectivity index (χ1n) is 18.4. The fourth-order valence-corrected chi connectivity index (χ4v) is 8.73. The zero-order valence-electron chi connectivity index (χ0n) is 29.5. The fourth-order valence-electron chi connectivity index (χ4n) is 8.61. The van der Waals surface area contributed by atoms with Crippen LogP contribution in [0.3, 0.4) is 0 Å². The van der Waals surface area contributed by atoms with E-state index in [1.807, 2.05) is 17.0 Å². The average molecular weight is 671 g/mol. The van der Waals surface area contributed by atoms with Gasteiger partial charge in [0.1, 0.15) is 11.5 Å². The van der Waals surface area contributed by atoms with Crippen LogP contribution in [0.5, 0.6) is 11.5 Å². The predicted molar refractivity (Wildman–Crippen MR) is 196 cm³/mol. The van der Waals surface area contributed by atoms with Crippen LogP contribution in [0.1, 0.15) is 111 Å². The fraction of sp³-hybridized carbons (Fsp3) is 0.548. The largest absolute Gasteiger partial charge is 0.507 e. The third-order valence-electron chi connectivity index (χ3n) is 11.6. The summed E-state index contributed by atoms with van der Waals surface area (Å²) in [7, 11) is 0. The van der Waals surface area contributed by atoms with Crippen molar-refractivity contribution in [3.05, 3.63) is 93.0 Å². The molecule has 1 aliphatic heterocycles. The molecule has 0 atom stereocenters.